The van der Waals surface area contributed by atoms with Crippen molar-refractivity contribution in [1.82, 2.24) is 15.3 Å². The van der Waals surface area contributed by atoms with Gasteiger partial charge in [0, 0.05) is 30.4 Å². The minimum absolute atomic E-state index is 0.240. The standard InChI is InChI=1S/C17H18N4O2S/c1-10(22)20-15(17(23)21-16-9-18-11(2)24-16)7-12-8-19-14-6-4-3-5-13(12)14/h3-6,8-9,15,19H,7H2,1-2H3,(H,20,22)(H,21,23)/t15-/m1/s1. The first-order valence-electron chi connectivity index (χ1n) is 7.58. The number of para-hydroxylation sites is 1. The molecule has 2 heterocycles. The van der Waals surface area contributed by atoms with Crippen molar-refractivity contribution in [3.8, 4) is 0 Å². The molecule has 2 amide bonds. The molecule has 24 heavy (non-hydrogen) atoms. The Hall–Kier alpha value is -2.67. The van der Waals surface area contributed by atoms with Gasteiger partial charge in [-0.2, -0.15) is 0 Å². The van der Waals surface area contributed by atoms with Crippen LogP contribution >= 0.6 is 11.3 Å². The zero-order chi connectivity index (χ0) is 17.1. The second-order valence-corrected chi connectivity index (χ2v) is 6.78. The maximum absolute atomic E-state index is 12.6. The van der Waals surface area contributed by atoms with Crippen molar-refractivity contribution in [3.05, 3.63) is 47.2 Å². The number of rotatable bonds is 5. The monoisotopic (exact) mass is 342 g/mol. The van der Waals surface area contributed by atoms with Crippen LogP contribution in [-0.4, -0.2) is 27.8 Å². The number of carbonyl (C=O) groups excluding carboxylic acids is 2. The number of anilines is 1. The topological polar surface area (TPSA) is 86.9 Å². The van der Waals surface area contributed by atoms with Crippen LogP contribution < -0.4 is 10.6 Å². The van der Waals surface area contributed by atoms with Crippen LogP contribution in [0.4, 0.5) is 5.00 Å². The summed E-state index contributed by atoms with van der Waals surface area (Å²) in [5.41, 5.74) is 1.99. The molecule has 1 aromatic carbocycles. The molecule has 0 bridgehead atoms. The zero-order valence-electron chi connectivity index (χ0n) is 13.4. The summed E-state index contributed by atoms with van der Waals surface area (Å²) in [5.74, 6) is -0.491. The van der Waals surface area contributed by atoms with Crippen LogP contribution in [0.25, 0.3) is 10.9 Å². The Morgan fingerprint density at radius 3 is 2.83 bits per heavy atom. The second kappa shape index (κ2) is 6.84. The van der Waals surface area contributed by atoms with E-state index in [1.165, 1.54) is 18.3 Å². The molecule has 1 atom stereocenters. The van der Waals surface area contributed by atoms with E-state index in [-0.39, 0.29) is 11.8 Å². The molecular formula is C17H18N4O2S. The molecule has 3 aromatic rings. The van der Waals surface area contributed by atoms with E-state index in [1.807, 2.05) is 37.4 Å². The number of amides is 2. The highest BCUT2D eigenvalue weighted by molar-refractivity contribution is 7.15. The van der Waals surface area contributed by atoms with Crippen LogP contribution in [0.2, 0.25) is 0 Å². The first kappa shape index (κ1) is 16.2. The Bertz CT molecular complexity index is 883. The molecule has 6 nitrogen and oxygen atoms in total. The van der Waals surface area contributed by atoms with Crippen LogP contribution in [0.5, 0.6) is 0 Å². The average Bonchev–Trinajstić information content (AvgIpc) is 3.13. The largest absolute Gasteiger partial charge is 0.361 e. The lowest BCUT2D eigenvalue weighted by Crippen LogP contribution is -2.44. The lowest BCUT2D eigenvalue weighted by atomic mass is 10.0. The van der Waals surface area contributed by atoms with Crippen molar-refractivity contribution < 1.29 is 9.59 Å². The van der Waals surface area contributed by atoms with E-state index in [4.69, 9.17) is 0 Å². The number of hydrogen-bond donors (Lipinski definition) is 3. The van der Waals surface area contributed by atoms with Gasteiger partial charge in [-0.3, -0.25) is 9.59 Å². The van der Waals surface area contributed by atoms with Gasteiger partial charge in [0.25, 0.3) is 0 Å². The summed E-state index contributed by atoms with van der Waals surface area (Å²) in [6.07, 6.45) is 3.91. The number of hydrogen-bond acceptors (Lipinski definition) is 4. The minimum atomic E-state index is -0.649. The molecule has 124 valence electrons. The third kappa shape index (κ3) is 3.62. The summed E-state index contributed by atoms with van der Waals surface area (Å²) in [6.45, 7) is 3.28. The minimum Gasteiger partial charge on any atom is -0.361 e. The maximum Gasteiger partial charge on any atom is 0.247 e. The van der Waals surface area contributed by atoms with Crippen LogP contribution in [-0.2, 0) is 16.0 Å². The number of nitrogens with zero attached hydrogens (tertiary/aromatic N) is 1. The van der Waals surface area contributed by atoms with Crippen molar-refractivity contribution >= 4 is 39.1 Å². The molecule has 0 unspecified atom stereocenters. The number of aryl methyl sites for hydroxylation is 1. The van der Waals surface area contributed by atoms with Gasteiger partial charge in [0.1, 0.15) is 11.0 Å². The Morgan fingerprint density at radius 2 is 2.12 bits per heavy atom. The number of nitrogens with one attached hydrogen (secondary N) is 3. The van der Waals surface area contributed by atoms with Crippen molar-refractivity contribution in [1.29, 1.82) is 0 Å². The third-order valence-electron chi connectivity index (χ3n) is 3.66. The number of fused-ring (bicyclic) bond motifs is 1. The quantitative estimate of drug-likeness (QED) is 0.666. The van der Waals surface area contributed by atoms with E-state index < -0.39 is 6.04 Å². The van der Waals surface area contributed by atoms with Gasteiger partial charge >= 0.3 is 0 Å². The highest BCUT2D eigenvalue weighted by Crippen LogP contribution is 2.21. The van der Waals surface area contributed by atoms with Crippen LogP contribution in [0.15, 0.2) is 36.7 Å². The average molecular weight is 342 g/mol. The van der Waals surface area contributed by atoms with Gasteiger partial charge in [-0.1, -0.05) is 18.2 Å². The number of thiazole rings is 1. The fourth-order valence-corrected chi connectivity index (χ4v) is 3.28. The van der Waals surface area contributed by atoms with Crippen molar-refractivity contribution in [2.75, 3.05) is 5.32 Å². The normalized spacial score (nSPS) is 12.1. The molecule has 0 radical (unpaired) electrons. The summed E-state index contributed by atoms with van der Waals surface area (Å²) in [7, 11) is 0. The van der Waals surface area contributed by atoms with E-state index in [2.05, 4.69) is 20.6 Å². The summed E-state index contributed by atoms with van der Waals surface area (Å²) >= 11 is 1.40. The fraction of sp³-hybridized carbons (Fsp3) is 0.235. The molecule has 3 rings (SSSR count). The number of aromatic nitrogens is 2. The number of carbonyl (C=O) groups is 2. The molecule has 0 spiro atoms. The molecule has 0 saturated carbocycles. The van der Waals surface area contributed by atoms with Gasteiger partial charge in [0.05, 0.1) is 11.2 Å². The van der Waals surface area contributed by atoms with Gasteiger partial charge in [0.15, 0.2) is 0 Å². The molecule has 0 aliphatic carbocycles. The zero-order valence-corrected chi connectivity index (χ0v) is 14.2. The molecule has 0 aliphatic heterocycles. The number of benzene rings is 1. The first-order valence-corrected chi connectivity index (χ1v) is 8.40. The number of aromatic amines is 1. The summed E-state index contributed by atoms with van der Waals surface area (Å²) in [4.78, 5) is 31.4. The van der Waals surface area contributed by atoms with Crippen LogP contribution in [0.3, 0.4) is 0 Å². The predicted octanol–water partition coefficient (Wildman–Crippen LogP) is 2.62. The summed E-state index contributed by atoms with van der Waals surface area (Å²) < 4.78 is 0. The van der Waals surface area contributed by atoms with E-state index in [0.29, 0.717) is 11.4 Å². The Morgan fingerprint density at radius 1 is 1.33 bits per heavy atom. The van der Waals surface area contributed by atoms with Crippen LogP contribution in [0, 0.1) is 6.92 Å². The molecule has 0 aliphatic rings. The molecular weight excluding hydrogens is 324 g/mol. The van der Waals surface area contributed by atoms with Gasteiger partial charge in [0.2, 0.25) is 11.8 Å². The predicted molar refractivity (Wildman–Crippen MR) is 95.1 cm³/mol. The summed E-state index contributed by atoms with van der Waals surface area (Å²) in [5, 5.41) is 8.15. The molecule has 7 heteroatoms. The molecule has 3 N–H and O–H groups in total. The van der Waals surface area contributed by atoms with E-state index in [1.54, 1.807) is 6.20 Å². The van der Waals surface area contributed by atoms with Crippen LogP contribution in [0.1, 0.15) is 17.5 Å². The Labute approximate surface area is 143 Å². The van der Waals surface area contributed by atoms with E-state index in [0.717, 1.165) is 21.5 Å². The molecule has 0 fully saturated rings. The highest BCUT2D eigenvalue weighted by Gasteiger charge is 2.22. The van der Waals surface area contributed by atoms with Gasteiger partial charge in [-0.05, 0) is 18.6 Å². The van der Waals surface area contributed by atoms with Gasteiger partial charge in [-0.15, -0.1) is 11.3 Å². The van der Waals surface area contributed by atoms with E-state index in [9.17, 15) is 9.59 Å². The number of H-pyrrole nitrogens is 1. The lowest BCUT2D eigenvalue weighted by molar-refractivity contribution is -0.125. The first-order chi connectivity index (χ1) is 11.5. The SMILES string of the molecule is CC(=O)N[C@H](Cc1c[nH]c2ccccc12)C(=O)Nc1cnc(C)s1. The Balaban J connectivity index is 1.80. The fourth-order valence-electron chi connectivity index (χ4n) is 2.60. The maximum atomic E-state index is 12.6. The third-order valence-corrected chi connectivity index (χ3v) is 4.49. The molecule has 2 aromatic heterocycles. The van der Waals surface area contributed by atoms with Crippen molar-refractivity contribution in [2.45, 2.75) is 26.3 Å². The summed E-state index contributed by atoms with van der Waals surface area (Å²) in [6, 6.07) is 7.23. The molecule has 0 saturated heterocycles. The lowest BCUT2D eigenvalue weighted by Gasteiger charge is -2.16. The van der Waals surface area contributed by atoms with Crippen molar-refractivity contribution in [3.63, 3.8) is 0 Å². The Kier molecular flexibility index (Phi) is 4.61. The second-order valence-electron chi connectivity index (χ2n) is 5.55. The van der Waals surface area contributed by atoms with E-state index >= 15 is 0 Å². The van der Waals surface area contributed by atoms with Gasteiger partial charge < -0.3 is 15.6 Å². The van der Waals surface area contributed by atoms with Crippen molar-refractivity contribution in [2.24, 2.45) is 0 Å². The smallest absolute Gasteiger partial charge is 0.247 e. The highest BCUT2D eigenvalue weighted by atomic mass is 32.1. The van der Waals surface area contributed by atoms with Gasteiger partial charge in [-0.25, -0.2) is 4.98 Å².